The van der Waals surface area contributed by atoms with Crippen LogP contribution in [0.1, 0.15) is 6.42 Å². The van der Waals surface area contributed by atoms with Crippen LogP contribution >= 0.6 is 0 Å². The van der Waals surface area contributed by atoms with E-state index in [1.807, 2.05) is 0 Å². The molecule has 1 aliphatic heterocycles. The van der Waals surface area contributed by atoms with Gasteiger partial charge in [0.1, 0.15) is 17.9 Å². The van der Waals surface area contributed by atoms with E-state index in [1.54, 1.807) is 0 Å². The Morgan fingerprint density at radius 2 is 1.86 bits per heavy atom. The lowest BCUT2D eigenvalue weighted by Crippen LogP contribution is -2.51. The first kappa shape index (κ1) is 14.6. The van der Waals surface area contributed by atoms with Crippen molar-refractivity contribution in [1.82, 2.24) is 4.90 Å². The second-order valence-electron chi connectivity index (χ2n) is 4.48. The maximum absolute atomic E-state index is 10.9. The lowest BCUT2D eigenvalue weighted by atomic mass is 10.2. The third kappa shape index (κ3) is 3.19. The average Bonchev–Trinajstić information content (AvgIpc) is 2.83. The zero-order valence-electron chi connectivity index (χ0n) is 10.6. The third-order valence-electron chi connectivity index (χ3n) is 3.12. The molecule has 0 N–H and O–H groups in total. The highest BCUT2D eigenvalue weighted by Gasteiger charge is 2.34. The van der Waals surface area contributed by atoms with E-state index in [4.69, 9.17) is 4.74 Å². The maximum Gasteiger partial charge on any atom is 0.269 e. The van der Waals surface area contributed by atoms with Crippen LogP contribution in [0.15, 0.2) is 24.3 Å². The predicted octanol–water partition coefficient (Wildman–Crippen LogP) is -1.49. The summed E-state index contributed by atoms with van der Waals surface area (Å²) in [6.45, 7) is -0.169. The molecule has 2 unspecified atom stereocenters. The zero-order chi connectivity index (χ0) is 15.6. The van der Waals surface area contributed by atoms with Crippen LogP contribution in [0.25, 0.3) is 0 Å². The van der Waals surface area contributed by atoms with Crippen molar-refractivity contribution in [1.29, 1.82) is 0 Å². The summed E-state index contributed by atoms with van der Waals surface area (Å²) in [5.41, 5.74) is -0.113. The van der Waals surface area contributed by atoms with E-state index in [1.165, 1.54) is 24.3 Å². The van der Waals surface area contributed by atoms with Gasteiger partial charge in [0.15, 0.2) is 0 Å². The van der Waals surface area contributed by atoms with Crippen LogP contribution in [0.4, 0.5) is 10.5 Å². The molecule has 0 saturated carbocycles. The van der Waals surface area contributed by atoms with Crippen LogP contribution in [-0.4, -0.2) is 40.6 Å². The van der Waals surface area contributed by atoms with Gasteiger partial charge in [-0.1, -0.05) is 0 Å². The van der Waals surface area contributed by atoms with Gasteiger partial charge >= 0.3 is 0 Å². The van der Waals surface area contributed by atoms with E-state index < -0.39 is 29.1 Å². The first-order valence-corrected chi connectivity index (χ1v) is 5.98. The summed E-state index contributed by atoms with van der Waals surface area (Å²) < 4.78 is 5.42. The second-order valence-corrected chi connectivity index (χ2v) is 4.48. The van der Waals surface area contributed by atoms with Crippen molar-refractivity contribution in [2.24, 2.45) is 0 Å². The fourth-order valence-corrected chi connectivity index (χ4v) is 2.15. The Bertz CT molecular complexity index is 549. The minimum Gasteiger partial charge on any atom is -0.548 e. The van der Waals surface area contributed by atoms with Crippen molar-refractivity contribution < 1.29 is 29.5 Å². The molecule has 1 saturated heterocycles. The van der Waals surface area contributed by atoms with E-state index in [2.05, 4.69) is 0 Å². The van der Waals surface area contributed by atoms with Crippen LogP contribution in [0, 0.1) is 10.1 Å². The van der Waals surface area contributed by atoms with Gasteiger partial charge in [0.2, 0.25) is 0 Å². The van der Waals surface area contributed by atoms with Gasteiger partial charge in [0.05, 0.1) is 23.5 Å². The van der Waals surface area contributed by atoms with Crippen LogP contribution < -0.4 is 14.9 Å². The number of non-ortho nitro benzene ring substituents is 1. The summed E-state index contributed by atoms with van der Waals surface area (Å²) >= 11 is 0. The van der Waals surface area contributed by atoms with Crippen LogP contribution in [0.2, 0.25) is 0 Å². The molecule has 0 aliphatic carbocycles. The highest BCUT2D eigenvalue weighted by molar-refractivity contribution is 5.78. The summed E-state index contributed by atoms with van der Waals surface area (Å²) in [4.78, 5) is 32.3. The molecule has 1 amide bonds. The number of benzene rings is 1. The highest BCUT2D eigenvalue weighted by atomic mass is 16.6. The number of aliphatic carboxylic acids is 1. The Hall–Kier alpha value is -2.84. The molecule has 0 radical (unpaired) electrons. The predicted molar refractivity (Wildman–Crippen MR) is 63.0 cm³/mol. The number of hydrogen-bond donors (Lipinski definition) is 0. The molecular weight excluding hydrogens is 284 g/mol. The number of carbonyl (C=O) groups is 2. The van der Waals surface area contributed by atoms with Gasteiger partial charge in [0, 0.05) is 18.6 Å². The number of carboxylic acids is 1. The van der Waals surface area contributed by atoms with E-state index in [-0.39, 0.29) is 24.4 Å². The molecule has 9 nitrogen and oxygen atoms in total. The van der Waals surface area contributed by atoms with Crippen molar-refractivity contribution in [3.8, 4) is 5.75 Å². The molecule has 1 aromatic carbocycles. The largest absolute Gasteiger partial charge is 0.548 e. The lowest BCUT2D eigenvalue weighted by molar-refractivity contribution is -0.384. The zero-order valence-corrected chi connectivity index (χ0v) is 10.6. The summed E-state index contributed by atoms with van der Waals surface area (Å²) in [6, 6.07) is 3.86. The fraction of sp³-hybridized carbons (Fsp3) is 0.333. The molecule has 2 rings (SSSR count). The molecule has 9 heteroatoms. The number of rotatable bonds is 4. The Morgan fingerprint density at radius 3 is 2.29 bits per heavy atom. The molecule has 21 heavy (non-hydrogen) atoms. The molecule has 2 atom stereocenters. The van der Waals surface area contributed by atoms with Crippen molar-refractivity contribution in [2.75, 3.05) is 6.54 Å². The molecule has 1 aliphatic rings. The third-order valence-corrected chi connectivity index (χ3v) is 3.12. The van der Waals surface area contributed by atoms with E-state index in [0.29, 0.717) is 4.90 Å². The average molecular weight is 294 g/mol. The van der Waals surface area contributed by atoms with Crippen molar-refractivity contribution in [3.63, 3.8) is 0 Å². The number of nitro groups is 1. The fourth-order valence-electron chi connectivity index (χ4n) is 2.15. The number of likely N-dealkylation sites (tertiary alicyclic amines) is 1. The first-order valence-electron chi connectivity index (χ1n) is 5.98. The highest BCUT2D eigenvalue weighted by Crippen LogP contribution is 2.24. The SMILES string of the molecule is O=C([O-])C1CC(Oc2ccc([N+](=O)[O-])cc2)CN1C(=O)[O-]. The number of hydrogen-bond acceptors (Lipinski definition) is 7. The Kier molecular flexibility index (Phi) is 3.92. The number of ether oxygens (including phenoxy) is 1. The maximum atomic E-state index is 10.9. The minimum atomic E-state index is -1.61. The first-order chi connectivity index (χ1) is 9.88. The smallest absolute Gasteiger partial charge is 0.269 e. The molecule has 0 aromatic heterocycles. The molecule has 1 heterocycles. The van der Waals surface area contributed by atoms with Gasteiger partial charge in [0.25, 0.3) is 5.69 Å². The van der Waals surface area contributed by atoms with E-state index >= 15 is 0 Å². The molecular formula is C12H10N2O7-2. The van der Waals surface area contributed by atoms with Crippen molar-refractivity contribution in [3.05, 3.63) is 34.4 Å². The number of amides is 1. The van der Waals surface area contributed by atoms with Crippen LogP contribution in [0.5, 0.6) is 5.75 Å². The van der Waals surface area contributed by atoms with E-state index in [0.717, 1.165) is 0 Å². The Morgan fingerprint density at radius 1 is 1.24 bits per heavy atom. The Labute approximate surface area is 118 Å². The standard InChI is InChI=1S/C12H12N2O7/c15-11(16)10-5-9(6-13(10)12(17)18)21-8-3-1-7(2-4-8)14(19)20/h1-4,9-10H,5-6H2,(H,15,16)(H,17,18)/p-2. The number of carboxylic acid groups (broad SMARTS) is 2. The van der Waals surface area contributed by atoms with E-state index in [9.17, 15) is 29.9 Å². The number of nitrogens with zero attached hydrogens (tertiary/aromatic N) is 2. The van der Waals surface area contributed by atoms with Crippen LogP contribution in [0.3, 0.4) is 0 Å². The molecule has 0 bridgehead atoms. The molecule has 1 fully saturated rings. The van der Waals surface area contributed by atoms with Crippen LogP contribution in [-0.2, 0) is 4.79 Å². The molecule has 1 aromatic rings. The van der Waals surface area contributed by atoms with Gasteiger partial charge in [-0.15, -0.1) is 0 Å². The quantitative estimate of drug-likeness (QED) is 0.487. The summed E-state index contributed by atoms with van der Waals surface area (Å²) in [5, 5.41) is 32.2. The summed E-state index contributed by atoms with van der Waals surface area (Å²) in [5.74, 6) is -1.24. The van der Waals surface area contributed by atoms with Gasteiger partial charge < -0.3 is 29.4 Å². The number of nitro benzene ring substituents is 1. The van der Waals surface area contributed by atoms with Crippen molar-refractivity contribution >= 4 is 17.7 Å². The van der Waals surface area contributed by atoms with Crippen molar-refractivity contribution in [2.45, 2.75) is 18.6 Å². The van der Waals surface area contributed by atoms with Gasteiger partial charge in [-0.05, 0) is 12.1 Å². The topological polar surface area (TPSA) is 136 Å². The molecule has 0 spiro atoms. The van der Waals surface area contributed by atoms with Gasteiger partial charge in [-0.2, -0.15) is 0 Å². The monoisotopic (exact) mass is 294 g/mol. The molecule has 112 valence electrons. The summed E-state index contributed by atoms with van der Waals surface area (Å²) in [7, 11) is 0. The second kappa shape index (κ2) is 5.65. The van der Waals surface area contributed by atoms with Gasteiger partial charge in [-0.3, -0.25) is 10.1 Å². The summed E-state index contributed by atoms with van der Waals surface area (Å²) in [6.07, 6.45) is -2.38. The van der Waals surface area contributed by atoms with Gasteiger partial charge in [-0.25, -0.2) is 0 Å². The lowest BCUT2D eigenvalue weighted by Gasteiger charge is -2.26. The Balaban J connectivity index is 2.05. The number of carbonyl (C=O) groups excluding carboxylic acids is 2. The minimum absolute atomic E-state index is 0.0761. The normalized spacial score (nSPS) is 21.0.